The number of hydrogen-bond acceptors (Lipinski definition) is 1. The van der Waals surface area contributed by atoms with E-state index >= 15 is 0 Å². The summed E-state index contributed by atoms with van der Waals surface area (Å²) in [6.45, 7) is 11.8. The summed E-state index contributed by atoms with van der Waals surface area (Å²) in [6, 6.07) is 0. The van der Waals surface area contributed by atoms with Crippen LogP contribution in [0.25, 0.3) is 0 Å². The number of hydrogen-bond donors (Lipinski definition) is 0. The Balaban J connectivity index is 3.02. The minimum Gasteiger partial charge on any atom is -0.300 e. The maximum absolute atomic E-state index is 11.9. The predicted octanol–water partition coefficient (Wildman–Crippen LogP) is 4.58. The molecule has 0 radical (unpaired) electrons. The van der Waals surface area contributed by atoms with E-state index in [-0.39, 0.29) is 13.1 Å². The quantitative estimate of drug-likeness (QED) is 0.648. The van der Waals surface area contributed by atoms with Crippen LogP contribution in [0.2, 0.25) is 0 Å². The summed E-state index contributed by atoms with van der Waals surface area (Å²) >= 11 is 0. The van der Waals surface area contributed by atoms with E-state index < -0.39 is 0 Å². The van der Waals surface area contributed by atoms with Gasteiger partial charge in [-0.25, -0.2) is 0 Å². The van der Waals surface area contributed by atoms with Crippen LogP contribution in [0.1, 0.15) is 66.7 Å². The molecule has 0 aromatic carbocycles. The molecule has 1 nitrogen and oxygen atoms in total. The molecule has 0 aromatic rings. The van der Waals surface area contributed by atoms with Gasteiger partial charge in [0.1, 0.15) is 5.78 Å². The molecule has 2 unspecified atom stereocenters. The van der Waals surface area contributed by atoms with Crippen molar-refractivity contribution >= 4 is 13.7 Å². The van der Waals surface area contributed by atoms with Gasteiger partial charge in [-0.3, -0.25) is 4.79 Å². The van der Waals surface area contributed by atoms with Gasteiger partial charge in [0, 0.05) is 12.8 Å². The molecule has 2 heteroatoms. The highest BCUT2D eigenvalue weighted by atomic mass is 31.1. The standard InChI is InChI=1S/C14H27OP/c1-6-14(5)11-12(15)9-8-10-13(3,4)16(14)7-2/h6-11H2,1-5H3. The van der Waals surface area contributed by atoms with Gasteiger partial charge in [-0.1, -0.05) is 42.5 Å². The second-order valence-electron chi connectivity index (χ2n) is 5.98. The van der Waals surface area contributed by atoms with Crippen molar-refractivity contribution in [2.24, 2.45) is 0 Å². The van der Waals surface area contributed by atoms with Crippen LogP contribution in [-0.2, 0) is 4.79 Å². The molecular formula is C14H27OP. The Bertz CT molecular complexity index is 259. The zero-order valence-electron chi connectivity index (χ0n) is 11.6. The summed E-state index contributed by atoms with van der Waals surface area (Å²) in [5.74, 6) is 0.501. The van der Waals surface area contributed by atoms with Gasteiger partial charge in [-0.2, -0.15) is 0 Å². The lowest BCUT2D eigenvalue weighted by Crippen LogP contribution is -2.36. The van der Waals surface area contributed by atoms with Crippen molar-refractivity contribution in [1.82, 2.24) is 0 Å². The predicted molar refractivity (Wildman–Crippen MR) is 73.7 cm³/mol. The average molecular weight is 242 g/mol. The fraction of sp³-hybridized carbons (Fsp3) is 0.929. The minimum atomic E-state index is -0.0495. The van der Waals surface area contributed by atoms with Gasteiger partial charge >= 0.3 is 0 Å². The van der Waals surface area contributed by atoms with Crippen molar-refractivity contribution in [3.8, 4) is 0 Å². The van der Waals surface area contributed by atoms with Crippen molar-refractivity contribution in [2.45, 2.75) is 77.0 Å². The smallest absolute Gasteiger partial charge is 0.133 e. The molecule has 1 aliphatic rings. The van der Waals surface area contributed by atoms with E-state index in [1.54, 1.807) is 0 Å². The Morgan fingerprint density at radius 3 is 2.38 bits per heavy atom. The molecule has 0 N–H and O–H groups in total. The van der Waals surface area contributed by atoms with Gasteiger partial charge in [0.25, 0.3) is 0 Å². The Morgan fingerprint density at radius 2 is 1.88 bits per heavy atom. The largest absolute Gasteiger partial charge is 0.300 e. The molecule has 0 spiro atoms. The summed E-state index contributed by atoms with van der Waals surface area (Å²) in [7, 11) is -0.0495. The highest BCUT2D eigenvalue weighted by Gasteiger charge is 2.42. The van der Waals surface area contributed by atoms with Gasteiger partial charge in [0.05, 0.1) is 0 Å². The van der Waals surface area contributed by atoms with E-state index in [1.165, 1.54) is 12.6 Å². The van der Waals surface area contributed by atoms with E-state index in [0.29, 0.717) is 10.9 Å². The molecule has 2 atom stereocenters. The zero-order valence-corrected chi connectivity index (χ0v) is 12.5. The molecule has 1 saturated heterocycles. The monoisotopic (exact) mass is 242 g/mol. The summed E-state index contributed by atoms with van der Waals surface area (Å²) in [5, 5.41) is 0.737. The van der Waals surface area contributed by atoms with E-state index in [0.717, 1.165) is 25.7 Å². The van der Waals surface area contributed by atoms with Crippen molar-refractivity contribution in [2.75, 3.05) is 6.16 Å². The lowest BCUT2D eigenvalue weighted by molar-refractivity contribution is -0.119. The Hall–Kier alpha value is 0.100. The molecule has 1 rings (SSSR count). The second-order valence-corrected chi connectivity index (χ2v) is 9.76. The molecule has 0 bridgehead atoms. The highest BCUT2D eigenvalue weighted by Crippen LogP contribution is 2.64. The fourth-order valence-corrected chi connectivity index (χ4v) is 7.58. The molecule has 0 saturated carbocycles. The van der Waals surface area contributed by atoms with Crippen LogP contribution < -0.4 is 0 Å². The van der Waals surface area contributed by atoms with Gasteiger partial charge < -0.3 is 0 Å². The van der Waals surface area contributed by atoms with Crippen molar-refractivity contribution in [3.63, 3.8) is 0 Å². The van der Waals surface area contributed by atoms with Gasteiger partial charge in [-0.15, -0.1) is 0 Å². The van der Waals surface area contributed by atoms with Crippen LogP contribution in [0.3, 0.4) is 0 Å². The summed E-state index contributed by atoms with van der Waals surface area (Å²) in [4.78, 5) is 11.9. The number of Topliss-reactive ketones (excluding diaryl/α,β-unsaturated/α-hetero) is 1. The van der Waals surface area contributed by atoms with E-state index in [1.807, 2.05) is 0 Å². The summed E-state index contributed by atoms with van der Waals surface area (Å²) in [5.41, 5.74) is 0. The second kappa shape index (κ2) is 5.17. The molecule has 94 valence electrons. The maximum atomic E-state index is 11.9. The highest BCUT2D eigenvalue weighted by molar-refractivity contribution is 7.60. The van der Waals surface area contributed by atoms with E-state index in [4.69, 9.17) is 0 Å². The lowest BCUT2D eigenvalue weighted by Gasteiger charge is -2.48. The van der Waals surface area contributed by atoms with E-state index in [2.05, 4.69) is 34.6 Å². The van der Waals surface area contributed by atoms with Gasteiger partial charge in [-0.05, 0) is 35.7 Å². The first-order chi connectivity index (χ1) is 7.35. The molecule has 0 amide bonds. The van der Waals surface area contributed by atoms with Gasteiger partial charge in [0.15, 0.2) is 0 Å². The van der Waals surface area contributed by atoms with Crippen LogP contribution >= 0.6 is 7.92 Å². The maximum Gasteiger partial charge on any atom is 0.133 e. The molecular weight excluding hydrogens is 215 g/mol. The van der Waals surface area contributed by atoms with Crippen LogP contribution in [-0.4, -0.2) is 22.3 Å². The van der Waals surface area contributed by atoms with Gasteiger partial charge in [0.2, 0.25) is 0 Å². The molecule has 0 aromatic heterocycles. The Labute approximate surface area is 102 Å². The third kappa shape index (κ3) is 2.86. The molecule has 0 aliphatic carbocycles. The van der Waals surface area contributed by atoms with E-state index in [9.17, 15) is 4.79 Å². The van der Waals surface area contributed by atoms with Crippen LogP contribution in [0.5, 0.6) is 0 Å². The number of carbonyl (C=O) groups excluding carboxylic acids is 1. The number of carbonyl (C=O) groups is 1. The first-order valence-electron chi connectivity index (χ1n) is 6.65. The molecule has 1 fully saturated rings. The van der Waals surface area contributed by atoms with Crippen molar-refractivity contribution in [3.05, 3.63) is 0 Å². The van der Waals surface area contributed by atoms with Crippen LogP contribution in [0.15, 0.2) is 0 Å². The van der Waals surface area contributed by atoms with Crippen LogP contribution in [0.4, 0.5) is 0 Å². The Kier molecular flexibility index (Phi) is 4.57. The number of ketones is 1. The first kappa shape index (κ1) is 14.2. The Morgan fingerprint density at radius 1 is 1.25 bits per heavy atom. The zero-order chi connectivity index (χ0) is 12.4. The fourth-order valence-electron chi connectivity index (χ4n) is 3.32. The SMILES string of the molecule is CCP1C(C)(C)CCCC(=O)CC1(C)CC. The van der Waals surface area contributed by atoms with Crippen molar-refractivity contribution in [1.29, 1.82) is 0 Å². The third-order valence-electron chi connectivity index (χ3n) is 4.28. The number of rotatable bonds is 2. The lowest BCUT2D eigenvalue weighted by atomic mass is 9.95. The summed E-state index contributed by atoms with van der Waals surface area (Å²) in [6.07, 6.45) is 6.39. The first-order valence-corrected chi connectivity index (χ1v) is 8.18. The van der Waals surface area contributed by atoms with Crippen LogP contribution in [0, 0.1) is 0 Å². The topological polar surface area (TPSA) is 17.1 Å². The third-order valence-corrected chi connectivity index (χ3v) is 8.38. The minimum absolute atomic E-state index is 0.0495. The summed E-state index contributed by atoms with van der Waals surface area (Å²) < 4.78 is 0. The van der Waals surface area contributed by atoms with Crippen molar-refractivity contribution < 1.29 is 4.79 Å². The normalized spacial score (nSPS) is 35.6. The molecule has 1 heterocycles. The molecule has 16 heavy (non-hydrogen) atoms. The average Bonchev–Trinajstić information content (AvgIpc) is 2.16. The molecule has 1 aliphatic heterocycles.